The van der Waals surface area contributed by atoms with Gasteiger partial charge in [-0.2, -0.15) is 0 Å². The predicted molar refractivity (Wildman–Crippen MR) is 96.9 cm³/mol. The maximum atomic E-state index is 13.1. The summed E-state index contributed by atoms with van der Waals surface area (Å²) in [5.74, 6) is 0.896. The van der Waals surface area contributed by atoms with Crippen molar-refractivity contribution < 1.29 is 9.59 Å². The predicted octanol–water partition coefficient (Wildman–Crippen LogP) is 3.24. The van der Waals surface area contributed by atoms with Gasteiger partial charge in [0.25, 0.3) is 0 Å². The number of rotatable bonds is 4. The Bertz CT molecular complexity index is 570. The van der Waals surface area contributed by atoms with Crippen LogP contribution in [0.4, 0.5) is 0 Å². The summed E-state index contributed by atoms with van der Waals surface area (Å²) in [5, 5.41) is 0. The third kappa shape index (κ3) is 4.16. The lowest BCUT2D eigenvalue weighted by Gasteiger charge is -2.37. The summed E-state index contributed by atoms with van der Waals surface area (Å²) in [7, 11) is 0. The van der Waals surface area contributed by atoms with Gasteiger partial charge in [0.15, 0.2) is 0 Å². The lowest BCUT2D eigenvalue weighted by Crippen LogP contribution is -2.51. The second-order valence-electron chi connectivity index (χ2n) is 7.37. The molecule has 1 saturated heterocycles. The molecular weight excluding hydrogens is 300 g/mol. The fourth-order valence-electron chi connectivity index (χ4n) is 3.34. The summed E-state index contributed by atoms with van der Waals surface area (Å²) in [6.07, 6.45) is 0. The number of nitrogens with zero attached hydrogens (tertiary/aromatic N) is 2. The zero-order chi connectivity index (χ0) is 17.9. The fourth-order valence-corrected chi connectivity index (χ4v) is 3.34. The highest BCUT2D eigenvalue weighted by molar-refractivity contribution is 5.84. The largest absolute Gasteiger partial charge is 0.339 e. The first-order valence-corrected chi connectivity index (χ1v) is 8.95. The van der Waals surface area contributed by atoms with Crippen LogP contribution in [0.5, 0.6) is 0 Å². The van der Waals surface area contributed by atoms with Gasteiger partial charge in [-0.05, 0) is 23.0 Å². The zero-order valence-electron chi connectivity index (χ0n) is 15.6. The van der Waals surface area contributed by atoms with E-state index >= 15 is 0 Å². The van der Waals surface area contributed by atoms with E-state index in [0.29, 0.717) is 32.1 Å². The molecule has 2 amide bonds. The minimum Gasteiger partial charge on any atom is -0.339 e. The van der Waals surface area contributed by atoms with Crippen molar-refractivity contribution in [1.82, 2.24) is 9.80 Å². The van der Waals surface area contributed by atoms with Crippen LogP contribution < -0.4 is 0 Å². The van der Waals surface area contributed by atoms with Gasteiger partial charge >= 0.3 is 0 Å². The standard InChI is InChI=1S/C20H30N2O2/c1-14(2)17-6-8-18(9-7-17)19(15(3)4)20(24)22-12-10-21(11-13-22)16(5)23/h6-9,14-15,19H,10-13H2,1-5H3. The Morgan fingerprint density at radius 1 is 0.833 bits per heavy atom. The molecule has 1 aliphatic rings. The topological polar surface area (TPSA) is 40.6 Å². The number of benzene rings is 1. The van der Waals surface area contributed by atoms with Gasteiger partial charge in [-0.25, -0.2) is 0 Å². The summed E-state index contributed by atoms with van der Waals surface area (Å²) in [6.45, 7) is 12.7. The average Bonchev–Trinajstić information content (AvgIpc) is 2.55. The van der Waals surface area contributed by atoms with E-state index in [2.05, 4.69) is 52.0 Å². The van der Waals surface area contributed by atoms with E-state index in [9.17, 15) is 9.59 Å². The third-order valence-corrected chi connectivity index (χ3v) is 4.93. The van der Waals surface area contributed by atoms with Crippen molar-refractivity contribution in [3.05, 3.63) is 35.4 Å². The highest BCUT2D eigenvalue weighted by Crippen LogP contribution is 2.28. The summed E-state index contributed by atoms with van der Waals surface area (Å²) in [4.78, 5) is 28.2. The molecule has 2 rings (SSSR count). The summed E-state index contributed by atoms with van der Waals surface area (Å²) < 4.78 is 0. The SMILES string of the molecule is CC(=O)N1CCN(C(=O)C(c2ccc(C(C)C)cc2)C(C)C)CC1. The average molecular weight is 330 g/mol. The van der Waals surface area contributed by atoms with E-state index in [1.54, 1.807) is 6.92 Å². The first-order chi connectivity index (χ1) is 11.3. The van der Waals surface area contributed by atoms with Crippen LogP contribution in [0, 0.1) is 5.92 Å². The van der Waals surface area contributed by atoms with Crippen LogP contribution >= 0.6 is 0 Å². The number of hydrogen-bond donors (Lipinski definition) is 0. The summed E-state index contributed by atoms with van der Waals surface area (Å²) in [5.41, 5.74) is 2.39. The van der Waals surface area contributed by atoms with Crippen LogP contribution in [0.3, 0.4) is 0 Å². The Morgan fingerprint density at radius 2 is 1.29 bits per heavy atom. The number of carbonyl (C=O) groups is 2. The first kappa shape index (κ1) is 18.5. The second-order valence-corrected chi connectivity index (χ2v) is 7.37. The van der Waals surface area contributed by atoms with E-state index in [1.165, 1.54) is 5.56 Å². The molecule has 1 heterocycles. The number of hydrogen-bond acceptors (Lipinski definition) is 2. The number of carbonyl (C=O) groups excluding carboxylic acids is 2. The quantitative estimate of drug-likeness (QED) is 0.850. The Balaban J connectivity index is 2.13. The van der Waals surface area contributed by atoms with Gasteiger partial charge in [-0.15, -0.1) is 0 Å². The van der Waals surface area contributed by atoms with Gasteiger partial charge in [0.1, 0.15) is 0 Å². The molecule has 1 aromatic carbocycles. The second kappa shape index (κ2) is 7.82. The molecule has 4 nitrogen and oxygen atoms in total. The van der Waals surface area contributed by atoms with Crippen molar-refractivity contribution >= 4 is 11.8 Å². The smallest absolute Gasteiger partial charge is 0.230 e. The minimum absolute atomic E-state index is 0.0896. The van der Waals surface area contributed by atoms with Gasteiger partial charge < -0.3 is 9.80 Å². The Kier molecular flexibility index (Phi) is 6.03. The molecular formula is C20H30N2O2. The molecule has 0 radical (unpaired) electrons. The van der Waals surface area contributed by atoms with E-state index in [-0.39, 0.29) is 23.7 Å². The molecule has 1 unspecified atom stereocenters. The Labute approximate surface area is 145 Å². The monoisotopic (exact) mass is 330 g/mol. The lowest BCUT2D eigenvalue weighted by atomic mass is 9.86. The molecule has 0 aromatic heterocycles. The van der Waals surface area contributed by atoms with E-state index in [4.69, 9.17) is 0 Å². The molecule has 4 heteroatoms. The Hall–Kier alpha value is -1.84. The number of piperazine rings is 1. The van der Waals surface area contributed by atoms with Crippen molar-refractivity contribution in [2.24, 2.45) is 5.92 Å². The first-order valence-electron chi connectivity index (χ1n) is 8.95. The van der Waals surface area contributed by atoms with Crippen LogP contribution in [-0.4, -0.2) is 47.8 Å². The molecule has 0 bridgehead atoms. The van der Waals surface area contributed by atoms with Crippen LogP contribution in [0.25, 0.3) is 0 Å². The molecule has 1 fully saturated rings. The molecule has 0 N–H and O–H groups in total. The maximum Gasteiger partial charge on any atom is 0.230 e. The molecule has 132 valence electrons. The van der Waals surface area contributed by atoms with Gasteiger partial charge in [0.05, 0.1) is 5.92 Å². The molecule has 0 aliphatic carbocycles. The van der Waals surface area contributed by atoms with Gasteiger partial charge in [-0.3, -0.25) is 9.59 Å². The molecule has 1 aliphatic heterocycles. The normalized spacial score (nSPS) is 16.6. The zero-order valence-corrected chi connectivity index (χ0v) is 15.6. The van der Waals surface area contributed by atoms with Crippen molar-refractivity contribution in [2.45, 2.75) is 46.5 Å². The summed E-state index contributed by atoms with van der Waals surface area (Å²) >= 11 is 0. The van der Waals surface area contributed by atoms with Crippen LogP contribution in [-0.2, 0) is 9.59 Å². The van der Waals surface area contributed by atoms with Crippen molar-refractivity contribution in [2.75, 3.05) is 26.2 Å². The van der Waals surface area contributed by atoms with Crippen molar-refractivity contribution in [3.8, 4) is 0 Å². The molecule has 1 aromatic rings. The molecule has 24 heavy (non-hydrogen) atoms. The molecule has 1 atom stereocenters. The lowest BCUT2D eigenvalue weighted by molar-refractivity contribution is -0.140. The van der Waals surface area contributed by atoms with E-state index in [0.717, 1.165) is 5.56 Å². The minimum atomic E-state index is -0.116. The summed E-state index contributed by atoms with van der Waals surface area (Å²) in [6, 6.07) is 8.47. The van der Waals surface area contributed by atoms with Gasteiger partial charge in [0.2, 0.25) is 11.8 Å². The highest BCUT2D eigenvalue weighted by atomic mass is 16.2. The van der Waals surface area contributed by atoms with Gasteiger partial charge in [0, 0.05) is 33.1 Å². The van der Waals surface area contributed by atoms with Gasteiger partial charge in [-0.1, -0.05) is 52.0 Å². The van der Waals surface area contributed by atoms with Crippen LogP contribution in [0.15, 0.2) is 24.3 Å². The van der Waals surface area contributed by atoms with Crippen LogP contribution in [0.1, 0.15) is 57.6 Å². The van der Waals surface area contributed by atoms with Crippen molar-refractivity contribution in [3.63, 3.8) is 0 Å². The molecule has 0 spiro atoms. The van der Waals surface area contributed by atoms with Crippen LogP contribution in [0.2, 0.25) is 0 Å². The van der Waals surface area contributed by atoms with E-state index < -0.39 is 0 Å². The third-order valence-electron chi connectivity index (χ3n) is 4.93. The fraction of sp³-hybridized carbons (Fsp3) is 0.600. The molecule has 0 saturated carbocycles. The maximum absolute atomic E-state index is 13.1. The Morgan fingerprint density at radius 3 is 1.71 bits per heavy atom. The van der Waals surface area contributed by atoms with E-state index in [1.807, 2.05) is 9.80 Å². The number of amides is 2. The van der Waals surface area contributed by atoms with Crippen molar-refractivity contribution in [1.29, 1.82) is 0 Å². The highest BCUT2D eigenvalue weighted by Gasteiger charge is 2.31.